The second-order valence-electron chi connectivity index (χ2n) is 6.22. The molecule has 1 aliphatic carbocycles. The Hall–Kier alpha value is -3.49. The predicted molar refractivity (Wildman–Crippen MR) is 99.9 cm³/mol. The number of aryl methyl sites for hydroxylation is 1. The number of Topliss-reactive ketones (excluding diaryl/α,β-unsaturated/α-hetero) is 1. The highest BCUT2D eigenvalue weighted by Crippen LogP contribution is 2.38. The average Bonchev–Trinajstić information content (AvgIpc) is 2.69. The number of carbonyl (C=O) groups is 1. The summed E-state index contributed by atoms with van der Waals surface area (Å²) in [7, 11) is 2.76. The number of allylic oxidation sites excluding steroid dienone is 1. The van der Waals surface area contributed by atoms with Crippen LogP contribution in [0.4, 0.5) is 14.5 Å². The Balaban J connectivity index is 2.04. The number of nitro benzene ring substituents is 1. The highest BCUT2D eigenvalue weighted by molar-refractivity contribution is 6.13. The van der Waals surface area contributed by atoms with Gasteiger partial charge in [0.25, 0.3) is 5.69 Å². The van der Waals surface area contributed by atoms with Crippen LogP contribution in [0.5, 0.6) is 17.2 Å². The topological polar surface area (TPSA) is 87.9 Å². The maximum Gasteiger partial charge on any atom is 0.387 e. The first-order valence-electron chi connectivity index (χ1n) is 8.57. The molecular weight excluding hydrogens is 388 g/mol. The summed E-state index contributed by atoms with van der Waals surface area (Å²) in [6, 6.07) is 7.18. The fourth-order valence-electron chi connectivity index (χ4n) is 3.19. The van der Waals surface area contributed by atoms with Crippen molar-refractivity contribution >= 4 is 17.5 Å². The number of nitrogens with zero attached hydrogens (tertiary/aromatic N) is 1. The first kappa shape index (κ1) is 20.2. The van der Waals surface area contributed by atoms with Gasteiger partial charge in [-0.1, -0.05) is 0 Å². The van der Waals surface area contributed by atoms with E-state index in [0.29, 0.717) is 29.7 Å². The summed E-state index contributed by atoms with van der Waals surface area (Å²) >= 11 is 0. The monoisotopic (exact) mass is 405 g/mol. The molecule has 0 aliphatic heterocycles. The van der Waals surface area contributed by atoms with Crippen LogP contribution >= 0.6 is 0 Å². The quantitative estimate of drug-likeness (QED) is 0.401. The van der Waals surface area contributed by atoms with Gasteiger partial charge in [-0.2, -0.15) is 8.78 Å². The Morgan fingerprint density at radius 2 is 1.86 bits per heavy atom. The van der Waals surface area contributed by atoms with Crippen LogP contribution in [0.2, 0.25) is 0 Å². The molecule has 29 heavy (non-hydrogen) atoms. The molecule has 0 saturated carbocycles. The molecular formula is C20H17F2NO6. The molecule has 0 aromatic heterocycles. The van der Waals surface area contributed by atoms with E-state index >= 15 is 0 Å². The minimum absolute atomic E-state index is 0.0637. The minimum Gasteiger partial charge on any atom is -0.497 e. The van der Waals surface area contributed by atoms with Crippen molar-refractivity contribution in [3.8, 4) is 17.2 Å². The lowest BCUT2D eigenvalue weighted by atomic mass is 9.85. The number of hydrogen-bond donors (Lipinski definition) is 0. The van der Waals surface area contributed by atoms with Gasteiger partial charge in [0.1, 0.15) is 5.75 Å². The maximum absolute atomic E-state index is 12.8. The van der Waals surface area contributed by atoms with E-state index in [4.69, 9.17) is 9.47 Å². The molecule has 0 atom stereocenters. The highest BCUT2D eigenvalue weighted by Gasteiger charge is 2.25. The second kappa shape index (κ2) is 8.26. The molecule has 152 valence electrons. The number of halogens is 2. The number of nitro groups is 1. The Morgan fingerprint density at radius 3 is 2.48 bits per heavy atom. The summed E-state index contributed by atoms with van der Waals surface area (Å²) in [6.07, 6.45) is 2.32. The zero-order chi connectivity index (χ0) is 21.1. The Bertz CT molecular complexity index is 1000. The van der Waals surface area contributed by atoms with Crippen LogP contribution < -0.4 is 14.2 Å². The SMILES string of the molecule is COc1ccc2c(c1)CC/C(=C/c1cc(OC)c(OC(F)F)cc1[N+](=O)[O-])C2=O. The van der Waals surface area contributed by atoms with Gasteiger partial charge in [-0.05, 0) is 48.7 Å². The zero-order valence-electron chi connectivity index (χ0n) is 15.6. The van der Waals surface area contributed by atoms with Gasteiger partial charge in [-0.3, -0.25) is 14.9 Å². The van der Waals surface area contributed by atoms with Gasteiger partial charge in [0, 0.05) is 11.1 Å². The van der Waals surface area contributed by atoms with E-state index in [1.54, 1.807) is 18.2 Å². The van der Waals surface area contributed by atoms with E-state index in [1.165, 1.54) is 26.4 Å². The van der Waals surface area contributed by atoms with Crippen molar-refractivity contribution in [1.82, 2.24) is 0 Å². The third-order valence-corrected chi connectivity index (χ3v) is 4.57. The van der Waals surface area contributed by atoms with Crippen LogP contribution in [0.1, 0.15) is 27.9 Å². The Labute approximate surface area is 164 Å². The summed E-state index contributed by atoms with van der Waals surface area (Å²) in [5, 5.41) is 11.4. The van der Waals surface area contributed by atoms with E-state index in [2.05, 4.69) is 4.74 Å². The van der Waals surface area contributed by atoms with Crippen LogP contribution in [0.25, 0.3) is 6.08 Å². The molecule has 0 amide bonds. The van der Waals surface area contributed by atoms with Crippen molar-refractivity contribution in [3.63, 3.8) is 0 Å². The molecule has 0 saturated heterocycles. The zero-order valence-corrected chi connectivity index (χ0v) is 15.6. The van der Waals surface area contributed by atoms with Crippen molar-refractivity contribution in [2.45, 2.75) is 19.5 Å². The number of ketones is 1. The molecule has 0 fully saturated rings. The number of methoxy groups -OCH3 is 2. The number of alkyl halides is 2. The van der Waals surface area contributed by atoms with Crippen molar-refractivity contribution in [2.24, 2.45) is 0 Å². The molecule has 0 bridgehead atoms. The average molecular weight is 405 g/mol. The fourth-order valence-corrected chi connectivity index (χ4v) is 3.19. The second-order valence-corrected chi connectivity index (χ2v) is 6.22. The Morgan fingerprint density at radius 1 is 1.10 bits per heavy atom. The van der Waals surface area contributed by atoms with E-state index in [-0.39, 0.29) is 17.1 Å². The summed E-state index contributed by atoms with van der Waals surface area (Å²) in [6.45, 7) is -3.17. The molecule has 2 aromatic carbocycles. The highest BCUT2D eigenvalue weighted by atomic mass is 19.3. The molecule has 0 heterocycles. The van der Waals surface area contributed by atoms with Gasteiger partial charge in [0.05, 0.1) is 30.8 Å². The van der Waals surface area contributed by atoms with Gasteiger partial charge >= 0.3 is 6.61 Å². The van der Waals surface area contributed by atoms with Gasteiger partial charge in [0.2, 0.25) is 0 Å². The Kier molecular flexibility index (Phi) is 5.76. The lowest BCUT2D eigenvalue weighted by Gasteiger charge is -2.18. The number of carbonyl (C=O) groups excluding carboxylic acids is 1. The first-order valence-corrected chi connectivity index (χ1v) is 8.57. The van der Waals surface area contributed by atoms with Crippen LogP contribution in [0.15, 0.2) is 35.9 Å². The predicted octanol–water partition coefficient (Wildman–Crippen LogP) is 4.43. The summed E-state index contributed by atoms with van der Waals surface area (Å²) in [4.78, 5) is 23.6. The third-order valence-electron chi connectivity index (χ3n) is 4.57. The number of rotatable bonds is 6. The normalized spacial score (nSPS) is 14.7. The largest absolute Gasteiger partial charge is 0.497 e. The van der Waals surface area contributed by atoms with Gasteiger partial charge in [-0.15, -0.1) is 0 Å². The molecule has 9 heteroatoms. The van der Waals surface area contributed by atoms with Crippen molar-refractivity contribution in [1.29, 1.82) is 0 Å². The standard InChI is InChI=1S/C20H17F2NO6/c1-27-14-5-6-15-11(8-14)3-4-12(19(15)24)7-13-9-17(28-2)18(29-20(21)22)10-16(13)23(25)26/h5-10,20H,3-4H2,1-2H3/b12-7-. The molecule has 7 nitrogen and oxygen atoms in total. The van der Waals surface area contributed by atoms with E-state index in [1.807, 2.05) is 0 Å². The lowest BCUT2D eigenvalue weighted by molar-refractivity contribution is -0.385. The molecule has 0 unspecified atom stereocenters. The van der Waals surface area contributed by atoms with Crippen LogP contribution in [0, 0.1) is 10.1 Å². The van der Waals surface area contributed by atoms with Gasteiger partial charge < -0.3 is 14.2 Å². The molecule has 3 rings (SSSR count). The fraction of sp³-hybridized carbons (Fsp3) is 0.250. The summed E-state index contributed by atoms with van der Waals surface area (Å²) < 4.78 is 39.6. The van der Waals surface area contributed by atoms with Gasteiger partial charge in [-0.25, -0.2) is 0 Å². The summed E-state index contributed by atoms with van der Waals surface area (Å²) in [5.74, 6) is -0.172. The van der Waals surface area contributed by atoms with Crippen LogP contribution in [-0.2, 0) is 6.42 Å². The molecule has 1 aliphatic rings. The molecule has 0 spiro atoms. The smallest absolute Gasteiger partial charge is 0.387 e. The number of hydrogen-bond acceptors (Lipinski definition) is 6. The number of ether oxygens (including phenoxy) is 3. The van der Waals surface area contributed by atoms with Crippen LogP contribution in [0.3, 0.4) is 0 Å². The van der Waals surface area contributed by atoms with E-state index in [9.17, 15) is 23.7 Å². The molecule has 2 aromatic rings. The van der Waals surface area contributed by atoms with E-state index in [0.717, 1.165) is 11.6 Å². The van der Waals surface area contributed by atoms with E-state index < -0.39 is 23.0 Å². The first-order chi connectivity index (χ1) is 13.8. The third kappa shape index (κ3) is 4.18. The number of benzene rings is 2. The van der Waals surface area contributed by atoms with Crippen LogP contribution in [-0.4, -0.2) is 31.5 Å². The van der Waals surface area contributed by atoms with Crippen molar-refractivity contribution in [3.05, 3.63) is 62.7 Å². The summed E-state index contributed by atoms with van der Waals surface area (Å²) in [5.41, 5.74) is 1.29. The van der Waals surface area contributed by atoms with Crippen molar-refractivity contribution in [2.75, 3.05) is 14.2 Å². The van der Waals surface area contributed by atoms with Crippen molar-refractivity contribution < 1.29 is 32.7 Å². The lowest BCUT2D eigenvalue weighted by Crippen LogP contribution is -2.14. The molecule has 0 radical (unpaired) electrons. The number of fused-ring (bicyclic) bond motifs is 1. The van der Waals surface area contributed by atoms with Gasteiger partial charge in [0.15, 0.2) is 17.3 Å². The maximum atomic E-state index is 12.8. The molecule has 0 N–H and O–H groups in total. The minimum atomic E-state index is -3.17.